The number of nitrogens with zero attached hydrogens (tertiary/aromatic N) is 2. The Balaban J connectivity index is 1.21. The molecule has 3 aromatic rings. The van der Waals surface area contributed by atoms with Crippen LogP contribution in [0.5, 0.6) is 0 Å². The minimum absolute atomic E-state index is 0.00493. The third-order valence-electron chi connectivity index (χ3n) is 9.42. The lowest BCUT2D eigenvalue weighted by Crippen LogP contribution is -2.53. The molecule has 2 amide bonds. The van der Waals surface area contributed by atoms with Gasteiger partial charge in [-0.2, -0.15) is 0 Å². The first-order valence-corrected chi connectivity index (χ1v) is 15.2. The van der Waals surface area contributed by atoms with E-state index < -0.39 is 12.1 Å². The maximum Gasteiger partial charge on any atom is 0.270 e. The number of carbonyl (C=O) groups is 4. The summed E-state index contributed by atoms with van der Waals surface area (Å²) in [6.45, 7) is 8.02. The molecule has 3 fully saturated rings. The Labute approximate surface area is 250 Å². The normalized spacial score (nSPS) is 23.7. The first-order valence-electron chi connectivity index (χ1n) is 15.2. The van der Waals surface area contributed by atoms with Crippen molar-refractivity contribution in [1.29, 1.82) is 0 Å². The zero-order chi connectivity index (χ0) is 29.9. The zero-order valence-corrected chi connectivity index (χ0v) is 24.1. The monoisotopic (exact) mass is 580 g/mol. The summed E-state index contributed by atoms with van der Waals surface area (Å²) < 4.78 is 5.72. The van der Waals surface area contributed by atoms with E-state index in [2.05, 4.69) is 15.1 Å². The Morgan fingerprint density at radius 3 is 2.67 bits per heavy atom. The molecule has 2 saturated carbocycles. The van der Waals surface area contributed by atoms with Crippen LogP contribution in [-0.2, 0) is 25.7 Å². The van der Waals surface area contributed by atoms with Crippen LogP contribution < -0.4 is 5.32 Å². The van der Waals surface area contributed by atoms with Gasteiger partial charge in [0.2, 0.25) is 5.91 Å². The Hall–Kier alpha value is -4.29. The van der Waals surface area contributed by atoms with E-state index in [1.807, 2.05) is 36.4 Å². The van der Waals surface area contributed by atoms with Gasteiger partial charge in [0.05, 0.1) is 19.2 Å². The van der Waals surface area contributed by atoms with E-state index in [1.54, 1.807) is 23.1 Å². The number of fused-ring (bicyclic) bond motifs is 2. The summed E-state index contributed by atoms with van der Waals surface area (Å²) in [5.74, 6) is -0.845. The highest BCUT2D eigenvalue weighted by Crippen LogP contribution is 2.43. The number of rotatable bonds is 10. The number of ketones is 2. The Morgan fingerprint density at radius 1 is 1.07 bits per heavy atom. The third-order valence-corrected chi connectivity index (χ3v) is 9.42. The molecule has 5 atom stereocenters. The number of likely N-dealkylation sites (tertiary alicyclic amines) is 1. The molecule has 1 aromatic heterocycles. The maximum atomic E-state index is 14.0. The van der Waals surface area contributed by atoms with Gasteiger partial charge in [0.1, 0.15) is 24.1 Å². The van der Waals surface area contributed by atoms with Gasteiger partial charge in [-0.15, -0.1) is 0 Å². The number of hydrogen-bond donors (Lipinski definition) is 2. The number of benzene rings is 2. The molecule has 1 aliphatic heterocycles. The van der Waals surface area contributed by atoms with Crippen molar-refractivity contribution in [3.63, 3.8) is 0 Å². The molecule has 2 heterocycles. The molecule has 1 saturated heterocycles. The highest BCUT2D eigenvalue weighted by molar-refractivity contribution is 6.04. The van der Waals surface area contributed by atoms with Gasteiger partial charge in [-0.1, -0.05) is 48.9 Å². The number of aromatic nitrogens is 1. The van der Waals surface area contributed by atoms with Gasteiger partial charge < -0.3 is 19.9 Å². The van der Waals surface area contributed by atoms with Crippen molar-refractivity contribution in [2.75, 3.05) is 13.2 Å². The summed E-state index contributed by atoms with van der Waals surface area (Å²) in [5, 5.41) is 3.65. The lowest BCUT2D eigenvalue weighted by atomic mass is 9.91. The van der Waals surface area contributed by atoms with Crippen LogP contribution in [0.25, 0.3) is 15.7 Å². The molecule has 0 spiro atoms. The molecule has 2 aliphatic carbocycles. The number of amides is 2. The number of ether oxygens (including phenoxy) is 1. The van der Waals surface area contributed by atoms with E-state index in [-0.39, 0.29) is 60.8 Å². The van der Waals surface area contributed by atoms with Gasteiger partial charge in [-0.3, -0.25) is 19.2 Å². The van der Waals surface area contributed by atoms with Crippen LogP contribution in [-0.4, -0.2) is 58.5 Å². The standard InChI is InChI=1S/C34H36N4O5/c1-35-26-13-7-14-27-25(26)17-29(36-27)34(42)38-18-23-11-5-12-24(23)32(38)33(41)37-28(16-22-10-6-15-30(22)39)31(40)20-43-19-21-8-3-2-4-9-21/h2-4,7-9,13-14,17,22-24,28,32,36H,5-6,10-12,15-16,18-20H2,(H,37,41)/t22-,23-,24-,28-,32-/m0/s1. The minimum Gasteiger partial charge on any atom is -0.369 e. The fraction of sp³-hybridized carbons (Fsp3) is 0.441. The molecule has 222 valence electrons. The molecule has 0 bridgehead atoms. The van der Waals surface area contributed by atoms with Crippen molar-refractivity contribution in [3.05, 3.63) is 77.3 Å². The van der Waals surface area contributed by atoms with Gasteiger partial charge in [0, 0.05) is 29.8 Å². The lowest BCUT2D eigenvalue weighted by molar-refractivity contribution is -0.134. The van der Waals surface area contributed by atoms with Crippen molar-refractivity contribution < 1.29 is 23.9 Å². The van der Waals surface area contributed by atoms with E-state index >= 15 is 0 Å². The molecule has 43 heavy (non-hydrogen) atoms. The van der Waals surface area contributed by atoms with Crippen molar-refractivity contribution in [1.82, 2.24) is 15.2 Å². The van der Waals surface area contributed by atoms with Gasteiger partial charge in [-0.05, 0) is 61.6 Å². The van der Waals surface area contributed by atoms with Crippen molar-refractivity contribution in [2.24, 2.45) is 17.8 Å². The van der Waals surface area contributed by atoms with Crippen LogP contribution >= 0.6 is 0 Å². The number of Topliss-reactive ketones (excluding diaryl/α,β-unsaturated/α-hetero) is 2. The SMILES string of the molecule is [C-]#[N+]c1cccc2[nH]c(C(=O)N3C[C@@H]4CCC[C@@H]4[C@H]3C(=O)N[C@@H](C[C@@H]3CCCC3=O)C(=O)COCc3ccccc3)cc12. The smallest absolute Gasteiger partial charge is 0.270 e. The predicted molar refractivity (Wildman–Crippen MR) is 160 cm³/mol. The number of carbonyl (C=O) groups excluding carboxylic acids is 4. The Morgan fingerprint density at radius 2 is 1.91 bits per heavy atom. The fourth-order valence-electron chi connectivity index (χ4n) is 7.25. The Kier molecular flexibility index (Phi) is 8.39. The van der Waals surface area contributed by atoms with E-state index in [0.29, 0.717) is 41.7 Å². The van der Waals surface area contributed by atoms with Gasteiger partial charge in [0.25, 0.3) is 5.91 Å². The first-order chi connectivity index (χ1) is 20.9. The number of hydrogen-bond acceptors (Lipinski definition) is 5. The zero-order valence-electron chi connectivity index (χ0n) is 24.1. The van der Waals surface area contributed by atoms with Crippen LogP contribution in [0, 0.1) is 24.3 Å². The Bertz CT molecular complexity index is 1570. The van der Waals surface area contributed by atoms with Crippen LogP contribution in [0.2, 0.25) is 0 Å². The van der Waals surface area contributed by atoms with E-state index in [0.717, 1.165) is 31.2 Å². The summed E-state index contributed by atoms with van der Waals surface area (Å²) in [6, 6.07) is 15.0. The highest BCUT2D eigenvalue weighted by atomic mass is 16.5. The second kappa shape index (κ2) is 12.5. The summed E-state index contributed by atoms with van der Waals surface area (Å²) in [5.41, 5.74) is 2.43. The lowest BCUT2D eigenvalue weighted by Gasteiger charge is -2.29. The van der Waals surface area contributed by atoms with Crippen LogP contribution in [0.1, 0.15) is 61.0 Å². The molecule has 6 rings (SSSR count). The van der Waals surface area contributed by atoms with Crippen LogP contribution in [0.4, 0.5) is 5.69 Å². The number of nitrogens with one attached hydrogen (secondary N) is 2. The van der Waals surface area contributed by atoms with E-state index in [1.165, 1.54) is 0 Å². The molecule has 0 radical (unpaired) electrons. The fourth-order valence-corrected chi connectivity index (χ4v) is 7.25. The maximum absolute atomic E-state index is 14.0. The summed E-state index contributed by atoms with van der Waals surface area (Å²) in [7, 11) is 0. The van der Waals surface area contributed by atoms with Gasteiger partial charge in [0.15, 0.2) is 11.5 Å². The molecule has 9 nitrogen and oxygen atoms in total. The topological polar surface area (TPSA) is 113 Å². The van der Waals surface area contributed by atoms with Gasteiger partial charge in [-0.25, -0.2) is 4.85 Å². The second-order valence-corrected chi connectivity index (χ2v) is 12.1. The summed E-state index contributed by atoms with van der Waals surface area (Å²) in [6.07, 6.45) is 5.01. The molecular formula is C34H36N4O5. The largest absolute Gasteiger partial charge is 0.369 e. The average Bonchev–Trinajstić information content (AvgIpc) is 3.81. The highest BCUT2D eigenvalue weighted by Gasteiger charge is 2.50. The van der Waals surface area contributed by atoms with E-state index in [4.69, 9.17) is 11.3 Å². The first kappa shape index (κ1) is 28.8. The number of aromatic amines is 1. The molecular weight excluding hydrogens is 544 g/mol. The predicted octanol–water partition coefficient (Wildman–Crippen LogP) is 4.99. The second-order valence-electron chi connectivity index (χ2n) is 12.1. The minimum atomic E-state index is -0.873. The molecule has 2 N–H and O–H groups in total. The third kappa shape index (κ3) is 5.98. The van der Waals surface area contributed by atoms with Gasteiger partial charge >= 0.3 is 0 Å². The quantitative estimate of drug-likeness (QED) is 0.328. The van der Waals surface area contributed by atoms with Crippen molar-refractivity contribution >= 4 is 40.0 Å². The molecule has 2 aromatic carbocycles. The van der Waals surface area contributed by atoms with Crippen LogP contribution in [0.3, 0.4) is 0 Å². The average molecular weight is 581 g/mol. The summed E-state index contributed by atoms with van der Waals surface area (Å²) >= 11 is 0. The van der Waals surface area contributed by atoms with Crippen molar-refractivity contribution in [3.8, 4) is 0 Å². The molecule has 3 aliphatic rings. The number of H-pyrrole nitrogens is 1. The van der Waals surface area contributed by atoms with E-state index in [9.17, 15) is 19.2 Å². The molecule has 0 unspecified atom stereocenters. The van der Waals surface area contributed by atoms with Crippen LogP contribution in [0.15, 0.2) is 54.6 Å². The summed E-state index contributed by atoms with van der Waals surface area (Å²) in [4.78, 5) is 62.2. The molecule has 9 heteroatoms. The van der Waals surface area contributed by atoms with Crippen molar-refractivity contribution in [2.45, 2.75) is 63.6 Å².